The summed E-state index contributed by atoms with van der Waals surface area (Å²) >= 11 is 11.1. The van der Waals surface area contributed by atoms with Gasteiger partial charge < -0.3 is 4.74 Å². The van der Waals surface area contributed by atoms with E-state index < -0.39 is 3.93 Å². The van der Waals surface area contributed by atoms with Crippen LogP contribution in [0.3, 0.4) is 0 Å². The number of rotatable bonds is 22. The molecule has 0 rings (SSSR count). The van der Waals surface area contributed by atoms with E-state index >= 15 is 0 Å². The number of hydrogen-bond acceptors (Lipinski definition) is 2. The first-order chi connectivity index (χ1) is 14.3. The third-order valence-corrected chi connectivity index (χ3v) is 10.0. The lowest BCUT2D eigenvalue weighted by Crippen LogP contribution is -2.12. The van der Waals surface area contributed by atoms with Crippen LogP contribution in [-0.4, -0.2) is 16.0 Å². The Morgan fingerprint density at radius 1 is 0.733 bits per heavy atom. The maximum Gasteiger partial charge on any atom is 0.330 e. The Bertz CT molecular complexity index is 414. The zero-order chi connectivity index (χ0) is 22.5. The van der Waals surface area contributed by atoms with Crippen molar-refractivity contribution in [3.63, 3.8) is 0 Å². The number of carbonyl (C=O) groups is 1. The first-order valence-electron chi connectivity index (χ1n) is 12.2. The van der Waals surface area contributed by atoms with Crippen molar-refractivity contribution >= 4 is 55.8 Å². The van der Waals surface area contributed by atoms with Crippen LogP contribution in [0, 0.1) is 0 Å². The zero-order valence-corrected chi connectivity index (χ0v) is 25.0. The molecule has 0 aromatic heterocycles. The van der Waals surface area contributed by atoms with Gasteiger partial charge in [-0.05, 0) is 25.8 Å². The number of hydrogen-bond donors (Lipinski definition) is 0. The van der Waals surface area contributed by atoms with E-state index in [1.807, 2.05) is 6.92 Å². The van der Waals surface area contributed by atoms with Crippen LogP contribution in [0.15, 0.2) is 12.7 Å². The van der Waals surface area contributed by atoms with E-state index in [1.165, 1.54) is 115 Å². The highest BCUT2D eigenvalue weighted by Crippen LogP contribution is 2.33. The molecule has 1 unspecified atom stereocenters. The molecular weight excluding hydrogens is 588 g/mol. The lowest BCUT2D eigenvalue weighted by molar-refractivity contribution is -0.142. The van der Waals surface area contributed by atoms with Gasteiger partial charge in [-0.25, -0.2) is 4.79 Å². The minimum Gasteiger partial charge on any atom is -0.460 e. The van der Waals surface area contributed by atoms with Gasteiger partial charge in [0.25, 0.3) is 3.93 Å². The van der Waals surface area contributed by atoms with E-state index in [0.29, 0.717) is 0 Å². The molecule has 0 bridgehead atoms. The Kier molecular flexibility index (Phi) is 22.3. The minimum absolute atomic E-state index is 0.0188. The van der Waals surface area contributed by atoms with Crippen molar-refractivity contribution in [2.45, 2.75) is 135 Å². The quantitative estimate of drug-likeness (QED) is 0.0390. The maximum atomic E-state index is 11.1. The highest BCUT2D eigenvalue weighted by atomic mass is 80.0. The van der Waals surface area contributed by atoms with E-state index in [1.54, 1.807) is 0 Å². The van der Waals surface area contributed by atoms with Crippen LogP contribution in [0.2, 0.25) is 6.04 Å². The molecule has 0 aliphatic carbocycles. The summed E-state index contributed by atoms with van der Waals surface area (Å²) in [5, 5.41) is 0. The van der Waals surface area contributed by atoms with Gasteiger partial charge in [-0.15, -0.1) is 0 Å². The fraction of sp³-hybridized carbons (Fsp3) is 0.875. The molecule has 0 heterocycles. The van der Waals surface area contributed by atoms with Gasteiger partial charge in [0.1, 0.15) is 0 Å². The summed E-state index contributed by atoms with van der Waals surface area (Å²) in [6.07, 6.45) is 25.6. The molecule has 0 radical (unpaired) electrons. The number of esters is 1. The van der Waals surface area contributed by atoms with Crippen molar-refractivity contribution in [1.29, 1.82) is 0 Å². The van der Waals surface area contributed by atoms with Crippen molar-refractivity contribution in [3.05, 3.63) is 12.7 Å². The SMILES string of the molecule is C=CC(=O)OC(C)CCCCCCCCCCCCCCCCCCC[Si](Br)(Br)Br. The van der Waals surface area contributed by atoms with Crippen molar-refractivity contribution in [3.8, 4) is 0 Å². The largest absolute Gasteiger partial charge is 0.460 e. The monoisotopic (exact) mass is 630 g/mol. The summed E-state index contributed by atoms with van der Waals surface area (Å²) in [4.78, 5) is 11.1. The summed E-state index contributed by atoms with van der Waals surface area (Å²) < 4.78 is 3.83. The molecule has 0 aliphatic rings. The van der Waals surface area contributed by atoms with Crippen LogP contribution in [0.4, 0.5) is 0 Å². The molecule has 0 N–H and O–H groups in total. The molecular formula is C24H45Br3O2Si. The van der Waals surface area contributed by atoms with Crippen LogP contribution >= 0.6 is 45.9 Å². The Labute approximate surface area is 211 Å². The van der Waals surface area contributed by atoms with Crippen molar-refractivity contribution in [2.75, 3.05) is 0 Å². The van der Waals surface area contributed by atoms with Gasteiger partial charge in [0.15, 0.2) is 0 Å². The molecule has 0 aromatic carbocycles. The van der Waals surface area contributed by atoms with Crippen molar-refractivity contribution in [2.24, 2.45) is 0 Å². The maximum absolute atomic E-state index is 11.1. The molecule has 0 amide bonds. The standard InChI is InChI=1S/C24H45Br3O2Si/c1-3-24(28)29-23(2)21-19-17-15-13-11-9-7-5-4-6-8-10-12-14-16-18-20-22-30(25,26)27/h3,23H,1,4-22H2,2H3. The molecule has 0 saturated carbocycles. The highest BCUT2D eigenvalue weighted by Gasteiger charge is 2.20. The fourth-order valence-electron chi connectivity index (χ4n) is 3.71. The van der Waals surface area contributed by atoms with Gasteiger partial charge in [0.05, 0.1) is 6.10 Å². The number of unbranched alkanes of at least 4 members (excludes halogenated alkanes) is 16. The Hall–Kier alpha value is 0.867. The van der Waals surface area contributed by atoms with E-state index in [2.05, 4.69) is 52.5 Å². The molecule has 1 atom stereocenters. The smallest absolute Gasteiger partial charge is 0.330 e. The number of ether oxygens (including phenoxy) is 1. The van der Waals surface area contributed by atoms with Crippen LogP contribution in [0.1, 0.15) is 122 Å². The first-order valence-corrected chi connectivity index (χ1v) is 21.2. The van der Waals surface area contributed by atoms with Gasteiger partial charge in [-0.3, -0.25) is 0 Å². The molecule has 178 valence electrons. The Balaban J connectivity index is 3.15. The molecule has 0 fully saturated rings. The zero-order valence-electron chi connectivity index (χ0n) is 19.2. The van der Waals surface area contributed by atoms with Crippen molar-refractivity contribution in [1.82, 2.24) is 0 Å². The van der Waals surface area contributed by atoms with Gasteiger partial charge >= 0.3 is 5.97 Å². The lowest BCUT2D eigenvalue weighted by Gasteiger charge is -2.11. The summed E-state index contributed by atoms with van der Waals surface area (Å²) in [5.74, 6) is -0.304. The predicted octanol–water partition coefficient (Wildman–Crippen LogP) is 10.2. The normalized spacial score (nSPS) is 12.7. The predicted molar refractivity (Wildman–Crippen MR) is 146 cm³/mol. The van der Waals surface area contributed by atoms with Gasteiger partial charge in [-0.2, -0.15) is 0 Å². The molecule has 2 nitrogen and oxygen atoms in total. The third-order valence-electron chi connectivity index (χ3n) is 5.55. The van der Waals surface area contributed by atoms with Gasteiger partial charge in [0, 0.05) is 6.08 Å². The molecule has 0 aliphatic heterocycles. The topological polar surface area (TPSA) is 26.3 Å². The Morgan fingerprint density at radius 3 is 1.40 bits per heavy atom. The molecule has 30 heavy (non-hydrogen) atoms. The summed E-state index contributed by atoms with van der Waals surface area (Å²) in [5.41, 5.74) is 0. The first kappa shape index (κ1) is 30.9. The summed E-state index contributed by atoms with van der Waals surface area (Å²) in [6, 6.07) is 1.27. The number of carbonyl (C=O) groups excluding carboxylic acids is 1. The van der Waals surface area contributed by atoms with Crippen molar-refractivity contribution < 1.29 is 9.53 Å². The average molecular weight is 633 g/mol. The molecule has 0 saturated heterocycles. The molecule has 0 aromatic rings. The van der Waals surface area contributed by atoms with Crippen LogP contribution in [0.25, 0.3) is 0 Å². The van der Waals surface area contributed by atoms with Crippen LogP contribution in [0.5, 0.6) is 0 Å². The van der Waals surface area contributed by atoms with E-state index in [4.69, 9.17) is 4.74 Å². The second kappa shape index (κ2) is 21.7. The summed E-state index contributed by atoms with van der Waals surface area (Å²) in [7, 11) is 0. The Morgan fingerprint density at radius 2 is 1.07 bits per heavy atom. The van der Waals surface area contributed by atoms with Gasteiger partial charge in [0.2, 0.25) is 0 Å². The second-order valence-electron chi connectivity index (χ2n) is 8.62. The van der Waals surface area contributed by atoms with Crippen LogP contribution < -0.4 is 0 Å². The summed E-state index contributed by atoms with van der Waals surface area (Å²) in [6.45, 7) is 5.39. The van der Waals surface area contributed by atoms with E-state index in [0.717, 1.165) is 12.8 Å². The lowest BCUT2D eigenvalue weighted by atomic mass is 10.0. The average Bonchev–Trinajstić information content (AvgIpc) is 2.68. The second-order valence-corrected chi connectivity index (χ2v) is 32.1. The third kappa shape index (κ3) is 25.1. The van der Waals surface area contributed by atoms with E-state index in [-0.39, 0.29) is 12.1 Å². The van der Waals surface area contributed by atoms with E-state index in [9.17, 15) is 4.79 Å². The molecule has 0 spiro atoms. The van der Waals surface area contributed by atoms with Crippen LogP contribution in [-0.2, 0) is 9.53 Å². The minimum atomic E-state index is -1.36. The molecule has 6 heteroatoms. The van der Waals surface area contributed by atoms with Gasteiger partial charge in [-0.1, -0.05) is 155 Å². The number of halogens is 3. The highest BCUT2D eigenvalue weighted by molar-refractivity contribution is 9.72. The fourth-order valence-corrected chi connectivity index (χ4v) is 6.89.